The van der Waals surface area contributed by atoms with Gasteiger partial charge in [-0.2, -0.15) is 0 Å². The van der Waals surface area contributed by atoms with Gasteiger partial charge in [0.25, 0.3) is 0 Å². The Hall–Kier alpha value is -4.38. The van der Waals surface area contributed by atoms with E-state index in [-0.39, 0.29) is 12.3 Å². The Balaban J connectivity index is 1.24. The minimum Gasteiger partial charge on any atom is -0.497 e. The Morgan fingerprint density at radius 1 is 1.07 bits per heavy atom. The number of amides is 1. The molecule has 1 aliphatic rings. The average molecular weight is 625 g/mol. The topological polar surface area (TPSA) is 115 Å². The number of aryl methyl sites for hydroxylation is 1. The Bertz CT molecular complexity index is 1900. The summed E-state index contributed by atoms with van der Waals surface area (Å²) >= 11 is 6.20. The molecule has 0 saturated heterocycles. The number of benzene rings is 3. The largest absolute Gasteiger partial charge is 0.497 e. The molecule has 1 atom stereocenters. The van der Waals surface area contributed by atoms with Crippen molar-refractivity contribution in [1.82, 2.24) is 25.1 Å². The smallest absolute Gasteiger partial charge is 0.222 e. The minimum atomic E-state index is -2.43. The molecule has 0 unspecified atom stereocenters. The van der Waals surface area contributed by atoms with E-state index < -0.39 is 14.4 Å². The van der Waals surface area contributed by atoms with E-state index >= 15 is 0 Å². The van der Waals surface area contributed by atoms with Crippen LogP contribution in [0.5, 0.6) is 5.75 Å². The monoisotopic (exact) mass is 624 g/mol. The fraction of sp³-hybridized carbons (Fsp3) is 0.242. The number of methoxy groups -OCH3 is 1. The fourth-order valence-corrected chi connectivity index (χ4v) is 6.44. The number of fused-ring (bicyclic) bond motifs is 4. The summed E-state index contributed by atoms with van der Waals surface area (Å²) in [6.45, 7) is 6.11. The molecule has 2 aromatic heterocycles. The van der Waals surface area contributed by atoms with Gasteiger partial charge in [0.2, 0.25) is 14.2 Å². The molecule has 3 aromatic carbocycles. The molecule has 5 aromatic rings. The van der Waals surface area contributed by atoms with E-state index in [2.05, 4.69) is 20.5 Å². The maximum Gasteiger partial charge on any atom is 0.222 e. The van der Waals surface area contributed by atoms with Gasteiger partial charge in [0.1, 0.15) is 17.6 Å². The van der Waals surface area contributed by atoms with Gasteiger partial charge in [0, 0.05) is 34.3 Å². The highest BCUT2D eigenvalue weighted by atomic mass is 35.5. The molecule has 0 saturated carbocycles. The summed E-state index contributed by atoms with van der Waals surface area (Å²) in [6, 6.07) is 20.8. The van der Waals surface area contributed by atoms with Gasteiger partial charge in [0.15, 0.2) is 5.82 Å². The van der Waals surface area contributed by atoms with Crippen LogP contribution in [0.25, 0.3) is 16.6 Å². The van der Waals surface area contributed by atoms with E-state index in [0.717, 1.165) is 44.2 Å². The standard InChI is InChI=1S/C33H33ClN6O3Si/c1-20-38-39-33-29(18-31(41)35-14-13-21-5-6-23-16-26(44(3,4)42)19-36-28(23)15-21)37-32(22-7-9-24(34)10-8-22)27-17-25(43-2)11-12-30(27)40(20)33/h5-12,15-17,19,29,42H,13-14,18H2,1-4H3,(H,35,41)/t29-/m0/s1. The normalized spacial score (nSPS) is 14.4. The molecule has 6 rings (SSSR count). The van der Waals surface area contributed by atoms with Gasteiger partial charge in [0.05, 0.1) is 30.4 Å². The fourth-order valence-electron chi connectivity index (χ4n) is 5.43. The summed E-state index contributed by atoms with van der Waals surface area (Å²) in [6.07, 6.45) is 2.51. The summed E-state index contributed by atoms with van der Waals surface area (Å²) < 4.78 is 7.51. The number of carbonyl (C=O) groups is 1. The molecule has 1 aliphatic heterocycles. The van der Waals surface area contributed by atoms with Crippen LogP contribution < -0.4 is 15.2 Å². The summed E-state index contributed by atoms with van der Waals surface area (Å²) in [5.41, 5.74) is 5.23. The number of pyridine rings is 1. The predicted molar refractivity (Wildman–Crippen MR) is 175 cm³/mol. The lowest BCUT2D eigenvalue weighted by Crippen LogP contribution is -2.41. The van der Waals surface area contributed by atoms with Crippen molar-refractivity contribution in [2.45, 2.75) is 38.9 Å². The molecule has 224 valence electrons. The number of nitrogens with one attached hydrogen (secondary N) is 1. The van der Waals surface area contributed by atoms with Crippen LogP contribution in [0.4, 0.5) is 0 Å². The molecule has 0 radical (unpaired) electrons. The van der Waals surface area contributed by atoms with Crippen LogP contribution in [-0.4, -0.2) is 58.1 Å². The maximum atomic E-state index is 13.3. The van der Waals surface area contributed by atoms with Crippen molar-refractivity contribution in [3.8, 4) is 11.4 Å². The number of aliphatic imine (C=N–C) groups is 1. The number of hydrogen-bond acceptors (Lipinski definition) is 7. The van der Waals surface area contributed by atoms with Crippen molar-refractivity contribution in [2.75, 3.05) is 13.7 Å². The van der Waals surface area contributed by atoms with Crippen LogP contribution in [0.2, 0.25) is 18.1 Å². The van der Waals surface area contributed by atoms with Crippen molar-refractivity contribution in [3.63, 3.8) is 0 Å². The summed E-state index contributed by atoms with van der Waals surface area (Å²) in [5, 5.41) is 14.4. The molecule has 0 fully saturated rings. The zero-order valence-electron chi connectivity index (χ0n) is 25.0. The van der Waals surface area contributed by atoms with Gasteiger partial charge >= 0.3 is 0 Å². The third kappa shape index (κ3) is 6.01. The molecule has 3 heterocycles. The first-order chi connectivity index (χ1) is 21.1. The molecule has 11 heteroatoms. The van der Waals surface area contributed by atoms with E-state index in [1.54, 1.807) is 13.3 Å². The number of halogens is 1. The Morgan fingerprint density at radius 2 is 1.86 bits per heavy atom. The minimum absolute atomic E-state index is 0.100. The lowest BCUT2D eigenvalue weighted by molar-refractivity contribution is -0.121. The number of ether oxygens (including phenoxy) is 1. The molecule has 0 aliphatic carbocycles. The Labute approximate surface area is 261 Å². The first-order valence-electron chi connectivity index (χ1n) is 14.4. The number of carbonyl (C=O) groups excluding carboxylic acids is 1. The lowest BCUT2D eigenvalue weighted by Gasteiger charge is -2.15. The zero-order valence-corrected chi connectivity index (χ0v) is 26.8. The molecule has 2 N–H and O–H groups in total. The summed E-state index contributed by atoms with van der Waals surface area (Å²) in [5.74, 6) is 1.86. The first-order valence-corrected chi connectivity index (χ1v) is 17.8. The summed E-state index contributed by atoms with van der Waals surface area (Å²) in [7, 11) is -0.801. The molecule has 0 spiro atoms. The average Bonchev–Trinajstić information content (AvgIpc) is 3.33. The van der Waals surface area contributed by atoms with Crippen LogP contribution in [0.15, 0.2) is 77.9 Å². The van der Waals surface area contributed by atoms with Gasteiger partial charge in [-0.05, 0) is 79.7 Å². The van der Waals surface area contributed by atoms with Crippen LogP contribution >= 0.6 is 11.6 Å². The highest BCUT2D eigenvalue weighted by Crippen LogP contribution is 2.34. The second-order valence-electron chi connectivity index (χ2n) is 11.4. The van der Waals surface area contributed by atoms with Gasteiger partial charge in [-0.1, -0.05) is 35.9 Å². The molecule has 9 nitrogen and oxygen atoms in total. The molecular weight excluding hydrogens is 592 g/mol. The molecule has 0 bridgehead atoms. The number of hydrogen-bond donors (Lipinski definition) is 2. The van der Waals surface area contributed by atoms with E-state index in [0.29, 0.717) is 35.4 Å². The van der Waals surface area contributed by atoms with Crippen molar-refractivity contribution in [2.24, 2.45) is 4.99 Å². The highest BCUT2D eigenvalue weighted by molar-refractivity contribution is 6.83. The van der Waals surface area contributed by atoms with E-state index in [4.69, 9.17) is 21.3 Å². The van der Waals surface area contributed by atoms with Crippen LogP contribution in [0.1, 0.15) is 40.8 Å². The van der Waals surface area contributed by atoms with Gasteiger partial charge in [-0.25, -0.2) is 0 Å². The van der Waals surface area contributed by atoms with Gasteiger partial charge in [-0.3, -0.25) is 19.3 Å². The van der Waals surface area contributed by atoms with Gasteiger partial charge in [-0.15, -0.1) is 10.2 Å². The molecular formula is C33H33ClN6O3Si. The Morgan fingerprint density at radius 3 is 2.61 bits per heavy atom. The van der Waals surface area contributed by atoms with E-state index in [9.17, 15) is 9.59 Å². The van der Waals surface area contributed by atoms with E-state index in [1.165, 1.54) is 0 Å². The number of rotatable bonds is 8. The second-order valence-corrected chi connectivity index (χ2v) is 15.6. The quantitative estimate of drug-likeness (QED) is 0.239. The zero-order chi connectivity index (χ0) is 31.0. The second kappa shape index (κ2) is 12.0. The number of nitrogens with zero attached hydrogens (tertiary/aromatic N) is 5. The summed E-state index contributed by atoms with van der Waals surface area (Å²) in [4.78, 5) is 33.5. The SMILES string of the molecule is COc1ccc2c(c1)C(c1ccc(Cl)cc1)=N[C@@H](CC(=O)NCCc1ccc3cc([Si](C)(C)O)cnc3c1)c1nnc(C)n1-2. The van der Waals surface area contributed by atoms with Crippen molar-refractivity contribution in [1.29, 1.82) is 0 Å². The Kier molecular flexibility index (Phi) is 8.06. The third-order valence-electron chi connectivity index (χ3n) is 7.82. The van der Waals surface area contributed by atoms with Crippen LogP contribution in [0.3, 0.4) is 0 Å². The predicted octanol–water partition coefficient (Wildman–Crippen LogP) is 4.83. The van der Waals surface area contributed by atoms with Gasteiger partial charge < -0.3 is 14.8 Å². The van der Waals surface area contributed by atoms with E-state index in [1.807, 2.05) is 91.3 Å². The third-order valence-corrected chi connectivity index (χ3v) is 9.76. The van der Waals surface area contributed by atoms with Crippen molar-refractivity contribution in [3.05, 3.63) is 106 Å². The highest BCUT2D eigenvalue weighted by Gasteiger charge is 2.30. The first kappa shape index (κ1) is 29.7. The van der Waals surface area contributed by atoms with Crippen LogP contribution in [-0.2, 0) is 11.2 Å². The maximum absolute atomic E-state index is 13.3. The lowest BCUT2D eigenvalue weighted by atomic mass is 10.00. The molecule has 1 amide bonds. The number of aromatic nitrogens is 4. The van der Waals surface area contributed by atoms with Crippen molar-refractivity contribution >= 4 is 47.6 Å². The van der Waals surface area contributed by atoms with Crippen LogP contribution in [0, 0.1) is 6.92 Å². The molecule has 44 heavy (non-hydrogen) atoms. The van der Waals surface area contributed by atoms with Crippen molar-refractivity contribution < 1.29 is 14.3 Å².